The quantitative estimate of drug-likeness (QED) is 0.769. The zero-order valence-electron chi connectivity index (χ0n) is 10.1. The Balaban J connectivity index is 1.71. The molecule has 1 heterocycles. The SMILES string of the molecule is COC1CCCC1NCC(=O)N1CCCC1. The minimum atomic E-state index is 0.249. The van der Waals surface area contributed by atoms with E-state index >= 15 is 0 Å². The molecule has 2 rings (SSSR count). The summed E-state index contributed by atoms with van der Waals surface area (Å²) in [6.45, 7) is 2.36. The Kier molecular flexibility index (Phi) is 4.18. The summed E-state index contributed by atoms with van der Waals surface area (Å²) in [4.78, 5) is 13.8. The maximum atomic E-state index is 11.8. The van der Waals surface area contributed by atoms with E-state index in [4.69, 9.17) is 4.74 Å². The Labute approximate surface area is 97.3 Å². The van der Waals surface area contributed by atoms with Crippen LogP contribution in [0.3, 0.4) is 0 Å². The standard InChI is InChI=1S/C12H22N2O2/c1-16-11-6-4-5-10(11)13-9-12(15)14-7-2-3-8-14/h10-11,13H,2-9H2,1H3. The van der Waals surface area contributed by atoms with E-state index in [-0.39, 0.29) is 5.91 Å². The van der Waals surface area contributed by atoms with E-state index in [0.29, 0.717) is 18.7 Å². The smallest absolute Gasteiger partial charge is 0.236 e. The minimum Gasteiger partial charge on any atom is -0.380 e. The van der Waals surface area contributed by atoms with Gasteiger partial charge in [0.2, 0.25) is 5.91 Å². The largest absolute Gasteiger partial charge is 0.380 e. The number of hydrogen-bond acceptors (Lipinski definition) is 3. The third-order valence-electron chi connectivity index (χ3n) is 3.73. The van der Waals surface area contributed by atoms with E-state index in [1.165, 1.54) is 6.42 Å². The van der Waals surface area contributed by atoms with Gasteiger partial charge in [0.05, 0.1) is 12.6 Å². The summed E-state index contributed by atoms with van der Waals surface area (Å²) >= 11 is 0. The third-order valence-corrected chi connectivity index (χ3v) is 3.73. The lowest BCUT2D eigenvalue weighted by atomic mass is 10.2. The van der Waals surface area contributed by atoms with Crippen LogP contribution >= 0.6 is 0 Å². The normalized spacial score (nSPS) is 29.9. The van der Waals surface area contributed by atoms with Gasteiger partial charge < -0.3 is 15.0 Å². The number of nitrogens with zero attached hydrogens (tertiary/aromatic N) is 1. The average molecular weight is 226 g/mol. The molecule has 2 aliphatic rings. The molecule has 0 bridgehead atoms. The second-order valence-electron chi connectivity index (χ2n) is 4.78. The van der Waals surface area contributed by atoms with E-state index in [1.807, 2.05) is 4.90 Å². The Morgan fingerprint density at radius 1 is 1.31 bits per heavy atom. The molecule has 16 heavy (non-hydrogen) atoms. The van der Waals surface area contributed by atoms with Gasteiger partial charge in [-0.2, -0.15) is 0 Å². The summed E-state index contributed by atoms with van der Waals surface area (Å²) in [6.07, 6.45) is 6.07. The van der Waals surface area contributed by atoms with Crippen LogP contribution < -0.4 is 5.32 Å². The molecule has 0 aromatic heterocycles. The van der Waals surface area contributed by atoms with Crippen LogP contribution in [0.4, 0.5) is 0 Å². The molecule has 92 valence electrons. The highest BCUT2D eigenvalue weighted by Crippen LogP contribution is 2.21. The summed E-state index contributed by atoms with van der Waals surface area (Å²) in [6, 6.07) is 0.372. The lowest BCUT2D eigenvalue weighted by Gasteiger charge is -2.21. The highest BCUT2D eigenvalue weighted by molar-refractivity contribution is 5.78. The van der Waals surface area contributed by atoms with Gasteiger partial charge in [-0.1, -0.05) is 0 Å². The summed E-state index contributed by atoms with van der Waals surface area (Å²) < 4.78 is 5.39. The number of likely N-dealkylation sites (tertiary alicyclic amines) is 1. The maximum Gasteiger partial charge on any atom is 0.236 e. The van der Waals surface area contributed by atoms with Crippen molar-refractivity contribution in [2.45, 2.75) is 44.2 Å². The number of rotatable bonds is 4. The summed E-state index contributed by atoms with van der Waals surface area (Å²) in [7, 11) is 1.76. The van der Waals surface area contributed by atoms with Crippen molar-refractivity contribution < 1.29 is 9.53 Å². The average Bonchev–Trinajstić information content (AvgIpc) is 2.96. The Bertz CT molecular complexity index is 239. The van der Waals surface area contributed by atoms with Crippen molar-refractivity contribution >= 4 is 5.91 Å². The second-order valence-corrected chi connectivity index (χ2v) is 4.78. The van der Waals surface area contributed by atoms with Crippen LogP contribution in [0.2, 0.25) is 0 Å². The molecule has 1 aliphatic heterocycles. The maximum absolute atomic E-state index is 11.8. The first-order valence-corrected chi connectivity index (χ1v) is 6.35. The molecule has 0 spiro atoms. The minimum absolute atomic E-state index is 0.249. The van der Waals surface area contributed by atoms with Gasteiger partial charge in [-0.05, 0) is 32.1 Å². The molecule has 4 nitrogen and oxygen atoms in total. The van der Waals surface area contributed by atoms with E-state index < -0.39 is 0 Å². The number of nitrogens with one attached hydrogen (secondary N) is 1. The Morgan fingerprint density at radius 2 is 2.06 bits per heavy atom. The molecule has 1 aliphatic carbocycles. The fraction of sp³-hybridized carbons (Fsp3) is 0.917. The van der Waals surface area contributed by atoms with E-state index in [1.54, 1.807) is 7.11 Å². The predicted octanol–water partition coefficient (Wildman–Crippen LogP) is 0.766. The van der Waals surface area contributed by atoms with E-state index in [0.717, 1.165) is 38.8 Å². The van der Waals surface area contributed by atoms with E-state index in [2.05, 4.69) is 5.32 Å². The first kappa shape index (κ1) is 11.9. The van der Waals surface area contributed by atoms with Crippen molar-refractivity contribution in [1.29, 1.82) is 0 Å². The summed E-state index contributed by atoms with van der Waals surface area (Å²) in [5, 5.41) is 3.34. The van der Waals surface area contributed by atoms with Gasteiger partial charge in [-0.15, -0.1) is 0 Å². The van der Waals surface area contributed by atoms with E-state index in [9.17, 15) is 4.79 Å². The second kappa shape index (κ2) is 5.64. The summed E-state index contributed by atoms with van der Waals surface area (Å²) in [5.41, 5.74) is 0. The molecule has 2 atom stereocenters. The number of amides is 1. The van der Waals surface area contributed by atoms with Crippen molar-refractivity contribution in [2.24, 2.45) is 0 Å². The van der Waals surface area contributed by atoms with Gasteiger partial charge in [0.25, 0.3) is 0 Å². The topological polar surface area (TPSA) is 41.6 Å². The third kappa shape index (κ3) is 2.74. The van der Waals surface area contributed by atoms with Crippen LogP contribution in [0.25, 0.3) is 0 Å². The van der Waals surface area contributed by atoms with Crippen LogP contribution in [0, 0.1) is 0 Å². The van der Waals surface area contributed by atoms with Crippen LogP contribution in [0.1, 0.15) is 32.1 Å². The fourth-order valence-electron chi connectivity index (χ4n) is 2.74. The van der Waals surface area contributed by atoms with Crippen molar-refractivity contribution in [1.82, 2.24) is 10.2 Å². The van der Waals surface area contributed by atoms with Gasteiger partial charge in [0, 0.05) is 26.2 Å². The molecule has 4 heteroatoms. The number of hydrogen-bond donors (Lipinski definition) is 1. The van der Waals surface area contributed by atoms with Gasteiger partial charge >= 0.3 is 0 Å². The Hall–Kier alpha value is -0.610. The zero-order valence-corrected chi connectivity index (χ0v) is 10.1. The molecule has 0 aromatic carbocycles. The number of carbonyl (C=O) groups is 1. The van der Waals surface area contributed by atoms with Crippen LogP contribution in [-0.4, -0.2) is 49.7 Å². The summed E-state index contributed by atoms with van der Waals surface area (Å²) in [5.74, 6) is 0.249. The fourth-order valence-corrected chi connectivity index (χ4v) is 2.74. The van der Waals surface area contributed by atoms with Crippen LogP contribution in [0.15, 0.2) is 0 Å². The number of carbonyl (C=O) groups excluding carboxylic acids is 1. The highest BCUT2D eigenvalue weighted by Gasteiger charge is 2.27. The van der Waals surface area contributed by atoms with Gasteiger partial charge in [-0.25, -0.2) is 0 Å². The lowest BCUT2D eigenvalue weighted by molar-refractivity contribution is -0.129. The molecule has 0 aromatic rings. The van der Waals surface area contributed by atoms with Crippen molar-refractivity contribution in [3.8, 4) is 0 Å². The van der Waals surface area contributed by atoms with Crippen LogP contribution in [0.5, 0.6) is 0 Å². The molecule has 0 radical (unpaired) electrons. The highest BCUT2D eigenvalue weighted by atomic mass is 16.5. The monoisotopic (exact) mass is 226 g/mol. The first-order valence-electron chi connectivity index (χ1n) is 6.35. The van der Waals surface area contributed by atoms with Gasteiger partial charge in [0.1, 0.15) is 0 Å². The lowest BCUT2D eigenvalue weighted by Crippen LogP contribution is -2.43. The molecular formula is C12H22N2O2. The van der Waals surface area contributed by atoms with Crippen molar-refractivity contribution in [3.63, 3.8) is 0 Å². The van der Waals surface area contributed by atoms with Gasteiger partial charge in [0.15, 0.2) is 0 Å². The Morgan fingerprint density at radius 3 is 2.75 bits per heavy atom. The predicted molar refractivity (Wildman–Crippen MR) is 62.3 cm³/mol. The molecular weight excluding hydrogens is 204 g/mol. The zero-order chi connectivity index (χ0) is 11.4. The molecule has 1 saturated carbocycles. The molecule has 1 saturated heterocycles. The molecule has 1 amide bonds. The van der Waals surface area contributed by atoms with Crippen molar-refractivity contribution in [2.75, 3.05) is 26.7 Å². The number of methoxy groups -OCH3 is 1. The molecule has 2 unspecified atom stereocenters. The number of ether oxygens (including phenoxy) is 1. The molecule has 1 N–H and O–H groups in total. The van der Waals surface area contributed by atoms with Crippen LogP contribution in [-0.2, 0) is 9.53 Å². The molecule has 2 fully saturated rings. The van der Waals surface area contributed by atoms with Crippen molar-refractivity contribution in [3.05, 3.63) is 0 Å². The van der Waals surface area contributed by atoms with Gasteiger partial charge in [-0.3, -0.25) is 4.79 Å². The first-order chi connectivity index (χ1) is 7.81.